The van der Waals surface area contributed by atoms with Crippen LogP contribution in [-0.4, -0.2) is 0 Å². The molecule has 0 spiro atoms. The van der Waals surface area contributed by atoms with E-state index in [2.05, 4.69) is 26.0 Å². The van der Waals surface area contributed by atoms with Gasteiger partial charge in [0.25, 0.3) is 0 Å². The van der Waals surface area contributed by atoms with E-state index in [1.807, 2.05) is 0 Å². The minimum Gasteiger partial charge on any atom is -0.0880 e. The summed E-state index contributed by atoms with van der Waals surface area (Å²) in [6.45, 7) is 4.58. The molecule has 58 valence electrons. The second kappa shape index (κ2) is 3.80. The third-order valence-corrected chi connectivity index (χ3v) is 2.56. The molecule has 1 rings (SSSR count). The lowest BCUT2D eigenvalue weighted by atomic mass is 9.90. The van der Waals surface area contributed by atoms with E-state index in [1.54, 1.807) is 0 Å². The van der Waals surface area contributed by atoms with Crippen LogP contribution in [-0.2, 0) is 0 Å². The van der Waals surface area contributed by atoms with Crippen molar-refractivity contribution in [1.82, 2.24) is 0 Å². The normalized spacial score (nSPS) is 31.4. The van der Waals surface area contributed by atoms with E-state index < -0.39 is 0 Å². The molecule has 0 amide bonds. The zero-order chi connectivity index (χ0) is 7.40. The standard InChI is InChI=1S/C10H18/c1-3-6-10-8-5-7-9(10)4-2/h5,7,9-10H,3-4,6,8H2,1-2H3. The first-order chi connectivity index (χ1) is 4.88. The summed E-state index contributed by atoms with van der Waals surface area (Å²) in [6, 6.07) is 0. The van der Waals surface area contributed by atoms with Crippen LogP contribution < -0.4 is 0 Å². The van der Waals surface area contributed by atoms with Crippen LogP contribution in [0.2, 0.25) is 0 Å². The van der Waals surface area contributed by atoms with E-state index >= 15 is 0 Å². The van der Waals surface area contributed by atoms with Gasteiger partial charge in [-0.25, -0.2) is 0 Å². The van der Waals surface area contributed by atoms with E-state index in [9.17, 15) is 0 Å². The van der Waals surface area contributed by atoms with E-state index in [0.29, 0.717) is 0 Å². The van der Waals surface area contributed by atoms with E-state index in [1.165, 1.54) is 25.7 Å². The molecule has 0 saturated heterocycles. The summed E-state index contributed by atoms with van der Waals surface area (Å²) in [4.78, 5) is 0. The zero-order valence-corrected chi connectivity index (χ0v) is 7.14. The molecule has 0 heterocycles. The third-order valence-electron chi connectivity index (χ3n) is 2.56. The molecule has 0 fully saturated rings. The number of hydrogen-bond donors (Lipinski definition) is 0. The first-order valence-corrected chi connectivity index (χ1v) is 4.55. The average Bonchev–Trinajstić information content (AvgIpc) is 2.36. The lowest BCUT2D eigenvalue weighted by molar-refractivity contribution is 0.383. The lowest BCUT2D eigenvalue weighted by Crippen LogP contribution is -2.05. The minimum atomic E-state index is 0.903. The van der Waals surface area contributed by atoms with Gasteiger partial charge in [0.1, 0.15) is 0 Å². The largest absolute Gasteiger partial charge is 0.0880 e. The predicted octanol–water partition coefficient (Wildman–Crippen LogP) is 3.39. The second-order valence-corrected chi connectivity index (χ2v) is 3.28. The van der Waals surface area contributed by atoms with Crippen LogP contribution in [0.4, 0.5) is 0 Å². The smallest absolute Gasteiger partial charge is 0.0205 e. The van der Waals surface area contributed by atoms with Gasteiger partial charge < -0.3 is 0 Å². The molecule has 0 radical (unpaired) electrons. The van der Waals surface area contributed by atoms with Gasteiger partial charge >= 0.3 is 0 Å². The van der Waals surface area contributed by atoms with Crippen LogP contribution >= 0.6 is 0 Å². The summed E-state index contributed by atoms with van der Waals surface area (Å²) >= 11 is 0. The molecule has 0 nitrogen and oxygen atoms in total. The Balaban J connectivity index is 2.32. The van der Waals surface area contributed by atoms with Gasteiger partial charge in [-0.3, -0.25) is 0 Å². The number of rotatable bonds is 3. The summed E-state index contributed by atoms with van der Waals surface area (Å²) in [5.74, 6) is 1.88. The van der Waals surface area contributed by atoms with Crippen LogP contribution in [0.1, 0.15) is 39.5 Å². The Kier molecular flexibility index (Phi) is 2.98. The molecule has 0 heteroatoms. The SMILES string of the molecule is CCCC1CC=CC1CC. The third kappa shape index (κ3) is 1.62. The zero-order valence-electron chi connectivity index (χ0n) is 7.14. The van der Waals surface area contributed by atoms with Gasteiger partial charge in [0.15, 0.2) is 0 Å². The van der Waals surface area contributed by atoms with Crippen LogP contribution in [0, 0.1) is 11.8 Å². The molecule has 10 heavy (non-hydrogen) atoms. The molecule has 0 aromatic heterocycles. The minimum absolute atomic E-state index is 0.903. The van der Waals surface area contributed by atoms with Crippen molar-refractivity contribution in [2.75, 3.05) is 0 Å². The highest BCUT2D eigenvalue weighted by Gasteiger charge is 2.19. The van der Waals surface area contributed by atoms with Gasteiger partial charge in [-0.1, -0.05) is 32.4 Å². The Labute approximate surface area is 64.3 Å². The van der Waals surface area contributed by atoms with Crippen molar-refractivity contribution in [3.8, 4) is 0 Å². The van der Waals surface area contributed by atoms with Crippen molar-refractivity contribution >= 4 is 0 Å². The fraction of sp³-hybridized carbons (Fsp3) is 0.800. The van der Waals surface area contributed by atoms with Gasteiger partial charge in [-0.15, -0.1) is 0 Å². The molecule has 0 saturated carbocycles. The highest BCUT2D eigenvalue weighted by Crippen LogP contribution is 2.30. The first kappa shape index (κ1) is 7.84. The summed E-state index contributed by atoms with van der Waals surface area (Å²) < 4.78 is 0. The van der Waals surface area contributed by atoms with Gasteiger partial charge in [0.05, 0.1) is 0 Å². The van der Waals surface area contributed by atoms with Crippen LogP contribution in [0.25, 0.3) is 0 Å². The molecular weight excluding hydrogens is 120 g/mol. The predicted molar refractivity (Wildman–Crippen MR) is 45.9 cm³/mol. The van der Waals surface area contributed by atoms with Crippen molar-refractivity contribution in [1.29, 1.82) is 0 Å². The van der Waals surface area contributed by atoms with E-state index in [4.69, 9.17) is 0 Å². The van der Waals surface area contributed by atoms with Crippen molar-refractivity contribution < 1.29 is 0 Å². The van der Waals surface area contributed by atoms with E-state index in [-0.39, 0.29) is 0 Å². The van der Waals surface area contributed by atoms with Gasteiger partial charge in [-0.2, -0.15) is 0 Å². The highest BCUT2D eigenvalue weighted by atomic mass is 14.2. The maximum Gasteiger partial charge on any atom is -0.0205 e. The average molecular weight is 138 g/mol. The van der Waals surface area contributed by atoms with Crippen molar-refractivity contribution in [3.05, 3.63) is 12.2 Å². The summed E-state index contributed by atoms with van der Waals surface area (Å²) in [7, 11) is 0. The molecule has 2 unspecified atom stereocenters. The van der Waals surface area contributed by atoms with Crippen molar-refractivity contribution in [2.45, 2.75) is 39.5 Å². The molecule has 0 bridgehead atoms. The summed E-state index contributed by atoms with van der Waals surface area (Å²) in [6.07, 6.45) is 10.2. The maximum absolute atomic E-state index is 2.40. The first-order valence-electron chi connectivity index (χ1n) is 4.55. The Hall–Kier alpha value is -0.260. The molecule has 0 aromatic rings. The molecule has 0 aromatic carbocycles. The topological polar surface area (TPSA) is 0 Å². The Morgan fingerprint density at radius 1 is 1.40 bits per heavy atom. The fourth-order valence-corrected chi connectivity index (χ4v) is 1.93. The number of allylic oxidation sites excluding steroid dienone is 2. The molecule has 1 aliphatic carbocycles. The Morgan fingerprint density at radius 3 is 2.80 bits per heavy atom. The van der Waals surface area contributed by atoms with Gasteiger partial charge in [0.2, 0.25) is 0 Å². The van der Waals surface area contributed by atoms with Gasteiger partial charge in [0, 0.05) is 0 Å². The number of hydrogen-bond acceptors (Lipinski definition) is 0. The molecule has 2 atom stereocenters. The second-order valence-electron chi connectivity index (χ2n) is 3.28. The quantitative estimate of drug-likeness (QED) is 0.524. The Bertz CT molecular complexity index is 113. The summed E-state index contributed by atoms with van der Waals surface area (Å²) in [5, 5.41) is 0. The molecular formula is C10H18. The van der Waals surface area contributed by atoms with Crippen LogP contribution in [0.3, 0.4) is 0 Å². The van der Waals surface area contributed by atoms with Crippen molar-refractivity contribution in [3.63, 3.8) is 0 Å². The van der Waals surface area contributed by atoms with Gasteiger partial charge in [-0.05, 0) is 31.1 Å². The highest BCUT2D eigenvalue weighted by molar-refractivity contribution is 5.00. The lowest BCUT2D eigenvalue weighted by Gasteiger charge is -2.15. The Morgan fingerprint density at radius 2 is 2.20 bits per heavy atom. The van der Waals surface area contributed by atoms with Crippen LogP contribution in [0.5, 0.6) is 0 Å². The van der Waals surface area contributed by atoms with E-state index in [0.717, 1.165) is 11.8 Å². The molecule has 0 N–H and O–H groups in total. The fourth-order valence-electron chi connectivity index (χ4n) is 1.93. The van der Waals surface area contributed by atoms with Crippen molar-refractivity contribution in [2.24, 2.45) is 11.8 Å². The summed E-state index contributed by atoms with van der Waals surface area (Å²) in [5.41, 5.74) is 0. The maximum atomic E-state index is 2.40. The molecule has 1 aliphatic rings. The molecule has 0 aliphatic heterocycles. The van der Waals surface area contributed by atoms with Crippen LogP contribution in [0.15, 0.2) is 12.2 Å². The monoisotopic (exact) mass is 138 g/mol.